The lowest BCUT2D eigenvalue weighted by Gasteiger charge is -2.45. The van der Waals surface area contributed by atoms with Gasteiger partial charge >= 0.3 is 5.97 Å². The van der Waals surface area contributed by atoms with Gasteiger partial charge in [-0.3, -0.25) is 9.69 Å². The third-order valence-corrected chi connectivity index (χ3v) is 6.39. The van der Waals surface area contributed by atoms with Crippen LogP contribution in [0.25, 0.3) is 0 Å². The van der Waals surface area contributed by atoms with Crippen molar-refractivity contribution >= 4 is 27.7 Å². The van der Waals surface area contributed by atoms with Gasteiger partial charge < -0.3 is 14.8 Å². The molecule has 7 heteroatoms. The number of carboxylic acid groups (broad SMARTS) is 1. The molecule has 1 spiro atoms. The lowest BCUT2D eigenvalue weighted by molar-refractivity contribution is -0.150. The van der Waals surface area contributed by atoms with Crippen molar-refractivity contribution in [3.05, 3.63) is 34.3 Å². The highest BCUT2D eigenvalue weighted by Gasteiger charge is 2.51. The van der Waals surface area contributed by atoms with Crippen LogP contribution in [0.1, 0.15) is 31.7 Å². The molecule has 3 aliphatic heterocycles. The predicted molar refractivity (Wildman–Crippen MR) is 102 cm³/mol. The van der Waals surface area contributed by atoms with Crippen molar-refractivity contribution in [1.82, 2.24) is 9.80 Å². The monoisotopic (exact) mass is 421 g/mol. The highest BCUT2D eigenvalue weighted by atomic mass is 79.9. The number of amidine groups is 1. The quantitative estimate of drug-likeness (QED) is 0.812. The molecule has 26 heavy (non-hydrogen) atoms. The van der Waals surface area contributed by atoms with E-state index in [1.807, 2.05) is 13.0 Å². The van der Waals surface area contributed by atoms with Gasteiger partial charge in [-0.25, -0.2) is 0 Å². The molecule has 140 valence electrons. The molecule has 3 heterocycles. The number of aliphatic carboxylic acids is 1. The maximum absolute atomic E-state index is 11.4. The van der Waals surface area contributed by atoms with Crippen molar-refractivity contribution < 1.29 is 14.7 Å². The Labute approximate surface area is 161 Å². The van der Waals surface area contributed by atoms with Gasteiger partial charge in [0, 0.05) is 37.2 Å². The number of halogens is 1. The largest absolute Gasteiger partial charge is 0.481 e. The van der Waals surface area contributed by atoms with E-state index in [0.29, 0.717) is 12.8 Å². The van der Waals surface area contributed by atoms with Crippen LogP contribution in [0.5, 0.6) is 0 Å². The molecule has 1 N–H and O–H groups in total. The molecule has 2 saturated heterocycles. The minimum Gasteiger partial charge on any atom is -0.481 e. The maximum atomic E-state index is 11.4. The second-order valence-electron chi connectivity index (χ2n) is 8.09. The molecule has 6 nitrogen and oxygen atoms in total. The van der Waals surface area contributed by atoms with Gasteiger partial charge in [0.1, 0.15) is 5.84 Å². The Hall–Kier alpha value is -1.60. The Bertz CT molecular complexity index is 737. The summed E-state index contributed by atoms with van der Waals surface area (Å²) in [6.07, 6.45) is 2.14. The van der Waals surface area contributed by atoms with Crippen LogP contribution >= 0.6 is 15.9 Å². The summed E-state index contributed by atoms with van der Waals surface area (Å²) in [6.45, 7) is 6.00. The summed E-state index contributed by atoms with van der Waals surface area (Å²) in [6, 6.07) is 8.38. The highest BCUT2D eigenvalue weighted by Crippen LogP contribution is 2.38. The van der Waals surface area contributed by atoms with E-state index in [4.69, 9.17) is 4.84 Å². The van der Waals surface area contributed by atoms with Crippen molar-refractivity contribution in [3.8, 4) is 0 Å². The molecule has 0 saturated carbocycles. The Morgan fingerprint density at radius 1 is 1.35 bits per heavy atom. The third kappa shape index (κ3) is 3.34. The Morgan fingerprint density at radius 3 is 2.73 bits per heavy atom. The van der Waals surface area contributed by atoms with E-state index in [1.54, 1.807) is 0 Å². The van der Waals surface area contributed by atoms with Crippen molar-refractivity contribution in [2.45, 2.75) is 38.3 Å². The van der Waals surface area contributed by atoms with Crippen molar-refractivity contribution in [2.24, 2.45) is 10.6 Å². The summed E-state index contributed by atoms with van der Waals surface area (Å²) in [5, 5.41) is 13.7. The Kier molecular flexibility index (Phi) is 4.47. The van der Waals surface area contributed by atoms with E-state index >= 15 is 0 Å². The number of rotatable bonds is 3. The third-order valence-electron chi connectivity index (χ3n) is 5.89. The zero-order valence-corrected chi connectivity index (χ0v) is 16.5. The fourth-order valence-electron chi connectivity index (χ4n) is 4.09. The van der Waals surface area contributed by atoms with Crippen LogP contribution in [0.3, 0.4) is 0 Å². The van der Waals surface area contributed by atoms with Gasteiger partial charge in [0.25, 0.3) is 0 Å². The van der Waals surface area contributed by atoms with E-state index in [2.05, 4.69) is 49.1 Å². The molecule has 0 bridgehead atoms. The average molecular weight is 422 g/mol. The number of piperidine rings is 1. The molecular weight excluding hydrogens is 398 g/mol. The van der Waals surface area contributed by atoms with Gasteiger partial charge in [0.15, 0.2) is 5.60 Å². The lowest BCUT2D eigenvalue weighted by atomic mass is 9.80. The summed E-state index contributed by atoms with van der Waals surface area (Å²) in [5.41, 5.74) is 0.498. The van der Waals surface area contributed by atoms with Crippen LogP contribution < -0.4 is 0 Å². The summed E-state index contributed by atoms with van der Waals surface area (Å²) in [5.74, 6) is 0.292. The number of benzene rings is 1. The number of likely N-dealkylation sites (tertiary alicyclic amines) is 2. The van der Waals surface area contributed by atoms with Crippen LogP contribution in [0.15, 0.2) is 33.9 Å². The van der Waals surface area contributed by atoms with Gasteiger partial charge in [-0.15, -0.1) is 0 Å². The number of hydrogen-bond acceptors (Lipinski definition) is 5. The van der Waals surface area contributed by atoms with Crippen LogP contribution in [-0.4, -0.2) is 58.5 Å². The molecule has 0 aromatic heterocycles. The second kappa shape index (κ2) is 6.53. The van der Waals surface area contributed by atoms with Crippen LogP contribution in [0.2, 0.25) is 0 Å². The highest BCUT2D eigenvalue weighted by molar-refractivity contribution is 9.10. The second-order valence-corrected chi connectivity index (χ2v) is 9.00. The molecule has 1 aromatic rings. The Balaban J connectivity index is 1.28. The molecule has 0 radical (unpaired) electrons. The predicted octanol–water partition coefficient (Wildman–Crippen LogP) is 2.92. The first-order valence-electron chi connectivity index (χ1n) is 9.08. The van der Waals surface area contributed by atoms with E-state index in [-0.39, 0.29) is 5.60 Å². The fraction of sp³-hybridized carbons (Fsp3) is 0.579. The first-order chi connectivity index (χ1) is 12.4. The number of carbonyl (C=O) groups is 1. The first kappa shape index (κ1) is 17.8. The molecule has 2 fully saturated rings. The van der Waals surface area contributed by atoms with E-state index < -0.39 is 11.4 Å². The molecule has 4 rings (SSSR count). The summed E-state index contributed by atoms with van der Waals surface area (Å²) >= 11 is 3.52. The van der Waals surface area contributed by atoms with E-state index in [0.717, 1.165) is 49.5 Å². The first-order valence-corrected chi connectivity index (χ1v) is 9.87. The zero-order chi connectivity index (χ0) is 18.4. The summed E-state index contributed by atoms with van der Waals surface area (Å²) in [4.78, 5) is 21.8. The van der Waals surface area contributed by atoms with Crippen LogP contribution in [0, 0.1) is 5.41 Å². The van der Waals surface area contributed by atoms with Gasteiger partial charge in [-0.05, 0) is 37.5 Å². The fourth-order valence-corrected chi connectivity index (χ4v) is 4.53. The normalized spacial score (nSPS) is 24.1. The van der Waals surface area contributed by atoms with E-state index in [9.17, 15) is 9.90 Å². The zero-order valence-electron chi connectivity index (χ0n) is 14.9. The summed E-state index contributed by atoms with van der Waals surface area (Å²) in [7, 11) is 0. The molecule has 0 unspecified atom stereocenters. The lowest BCUT2D eigenvalue weighted by Crippen LogP contribution is -2.61. The van der Waals surface area contributed by atoms with Gasteiger partial charge in [-0.2, -0.15) is 0 Å². The minimum absolute atomic E-state index is 0.186. The molecule has 3 aliphatic rings. The SMILES string of the molecule is CC1(C(=O)O)CCN(C2=NOC3(C2)CN(Cc2cccc(Br)c2)C3)CC1. The minimum atomic E-state index is -0.694. The van der Waals surface area contributed by atoms with Crippen molar-refractivity contribution in [3.63, 3.8) is 0 Å². The molecule has 0 atom stereocenters. The standard InChI is InChI=1S/C19H24BrN3O3/c1-18(17(24)25)5-7-23(8-6-18)16-10-19(26-21-16)12-22(13-19)11-14-3-2-4-15(20)9-14/h2-4,9H,5-8,10-13H2,1H3,(H,24,25). The molecule has 0 amide bonds. The average Bonchev–Trinajstić information content (AvgIpc) is 3.00. The number of hydrogen-bond donors (Lipinski definition) is 1. The van der Waals surface area contributed by atoms with Crippen molar-refractivity contribution in [1.29, 1.82) is 0 Å². The van der Waals surface area contributed by atoms with Crippen LogP contribution in [-0.2, 0) is 16.2 Å². The Morgan fingerprint density at radius 2 is 2.08 bits per heavy atom. The van der Waals surface area contributed by atoms with Gasteiger partial charge in [-0.1, -0.05) is 33.2 Å². The van der Waals surface area contributed by atoms with Gasteiger partial charge in [0.05, 0.1) is 11.8 Å². The maximum Gasteiger partial charge on any atom is 0.309 e. The number of nitrogens with zero attached hydrogens (tertiary/aromatic N) is 3. The van der Waals surface area contributed by atoms with Gasteiger partial charge in [0.2, 0.25) is 0 Å². The summed E-state index contributed by atoms with van der Waals surface area (Å²) < 4.78 is 1.10. The van der Waals surface area contributed by atoms with Crippen molar-refractivity contribution in [2.75, 3.05) is 26.2 Å². The van der Waals surface area contributed by atoms with Crippen LogP contribution in [0.4, 0.5) is 0 Å². The molecular formula is C19H24BrN3O3. The topological polar surface area (TPSA) is 65.4 Å². The molecule has 0 aliphatic carbocycles. The number of oxime groups is 1. The smallest absolute Gasteiger partial charge is 0.309 e. The number of carboxylic acids is 1. The molecule has 1 aromatic carbocycles. The van der Waals surface area contributed by atoms with E-state index in [1.165, 1.54) is 5.56 Å².